The summed E-state index contributed by atoms with van der Waals surface area (Å²) in [7, 11) is 0. The standard InChI is InChI=1S/C21H23NO3/c1-12-9-14-7-5-6-8-15(14)22(12)20(24)19-13(2)18-16(23)10-21(3,4)11-17(18)25-19/h5-8,12H,9-11H2,1-4H3/t12-/m0/s1. The summed E-state index contributed by atoms with van der Waals surface area (Å²) in [5.41, 5.74) is 3.32. The molecule has 1 aliphatic carbocycles. The molecule has 1 aromatic heterocycles. The molecule has 2 aromatic rings. The Morgan fingerprint density at radius 2 is 1.96 bits per heavy atom. The molecule has 25 heavy (non-hydrogen) atoms. The van der Waals surface area contributed by atoms with Gasteiger partial charge < -0.3 is 9.32 Å². The van der Waals surface area contributed by atoms with E-state index in [0.717, 1.165) is 12.1 Å². The second-order valence-corrected chi connectivity index (χ2v) is 8.15. The van der Waals surface area contributed by atoms with Gasteiger partial charge in [-0.05, 0) is 37.3 Å². The van der Waals surface area contributed by atoms with E-state index in [2.05, 4.69) is 19.9 Å². The molecule has 0 N–H and O–H groups in total. The molecular formula is C21H23NO3. The normalized spacial score (nSPS) is 21.2. The molecule has 1 aromatic carbocycles. The van der Waals surface area contributed by atoms with Gasteiger partial charge in [0.25, 0.3) is 5.91 Å². The average Bonchev–Trinajstić information content (AvgIpc) is 3.02. The minimum Gasteiger partial charge on any atom is -0.455 e. The number of anilines is 1. The van der Waals surface area contributed by atoms with E-state index >= 15 is 0 Å². The highest BCUT2D eigenvalue weighted by Gasteiger charge is 2.39. The molecular weight excluding hydrogens is 314 g/mol. The van der Waals surface area contributed by atoms with Gasteiger partial charge in [-0.25, -0.2) is 0 Å². The van der Waals surface area contributed by atoms with Crippen LogP contribution in [0.1, 0.15) is 65.0 Å². The number of furan rings is 1. The number of nitrogens with zero attached hydrogens (tertiary/aromatic N) is 1. The molecule has 4 heteroatoms. The Kier molecular flexibility index (Phi) is 3.43. The number of fused-ring (bicyclic) bond motifs is 2. The van der Waals surface area contributed by atoms with Crippen molar-refractivity contribution < 1.29 is 14.0 Å². The highest BCUT2D eigenvalue weighted by molar-refractivity contribution is 6.10. The predicted molar refractivity (Wildman–Crippen MR) is 96.3 cm³/mol. The molecule has 0 saturated heterocycles. The van der Waals surface area contributed by atoms with E-state index in [1.807, 2.05) is 36.9 Å². The molecule has 1 amide bonds. The van der Waals surface area contributed by atoms with Crippen LogP contribution in [0.25, 0.3) is 0 Å². The van der Waals surface area contributed by atoms with Gasteiger partial charge in [-0.2, -0.15) is 0 Å². The molecule has 4 rings (SSSR count). The van der Waals surface area contributed by atoms with Crippen LogP contribution in [0.2, 0.25) is 0 Å². The molecule has 0 fully saturated rings. The first-order valence-corrected chi connectivity index (χ1v) is 8.85. The molecule has 2 heterocycles. The second-order valence-electron chi connectivity index (χ2n) is 8.15. The number of Topliss-reactive ketones (excluding diaryl/α,β-unsaturated/α-hetero) is 1. The zero-order chi connectivity index (χ0) is 17.9. The molecule has 0 saturated carbocycles. The zero-order valence-corrected chi connectivity index (χ0v) is 15.2. The third-order valence-electron chi connectivity index (χ3n) is 5.40. The molecule has 1 atom stereocenters. The summed E-state index contributed by atoms with van der Waals surface area (Å²) < 4.78 is 5.97. The van der Waals surface area contributed by atoms with E-state index in [-0.39, 0.29) is 23.1 Å². The Morgan fingerprint density at radius 1 is 1.24 bits per heavy atom. The monoisotopic (exact) mass is 337 g/mol. The van der Waals surface area contributed by atoms with Gasteiger partial charge in [-0.3, -0.25) is 9.59 Å². The average molecular weight is 337 g/mol. The van der Waals surface area contributed by atoms with E-state index in [0.29, 0.717) is 35.5 Å². The van der Waals surface area contributed by atoms with Crippen molar-refractivity contribution in [1.82, 2.24) is 0 Å². The van der Waals surface area contributed by atoms with Gasteiger partial charge in [0.05, 0.1) is 5.56 Å². The van der Waals surface area contributed by atoms with E-state index in [1.54, 1.807) is 0 Å². The second kappa shape index (κ2) is 5.32. The maximum atomic E-state index is 13.2. The van der Waals surface area contributed by atoms with Crippen LogP contribution in [0.3, 0.4) is 0 Å². The fourth-order valence-electron chi connectivity index (χ4n) is 4.27. The summed E-state index contributed by atoms with van der Waals surface area (Å²) in [6, 6.07) is 8.06. The maximum Gasteiger partial charge on any atom is 0.294 e. The smallest absolute Gasteiger partial charge is 0.294 e. The lowest BCUT2D eigenvalue weighted by molar-refractivity contribution is 0.0895. The van der Waals surface area contributed by atoms with E-state index in [1.165, 1.54) is 5.56 Å². The largest absolute Gasteiger partial charge is 0.455 e. The topological polar surface area (TPSA) is 50.5 Å². The van der Waals surface area contributed by atoms with Gasteiger partial charge in [-0.15, -0.1) is 0 Å². The number of benzene rings is 1. The molecule has 1 aliphatic heterocycles. The number of hydrogen-bond acceptors (Lipinski definition) is 3. The summed E-state index contributed by atoms with van der Waals surface area (Å²) in [5.74, 6) is 0.929. The maximum absolute atomic E-state index is 13.2. The third-order valence-corrected chi connectivity index (χ3v) is 5.40. The number of para-hydroxylation sites is 1. The van der Waals surface area contributed by atoms with Gasteiger partial charge >= 0.3 is 0 Å². The summed E-state index contributed by atoms with van der Waals surface area (Å²) >= 11 is 0. The van der Waals surface area contributed by atoms with Crippen molar-refractivity contribution in [3.05, 3.63) is 52.5 Å². The summed E-state index contributed by atoms with van der Waals surface area (Å²) in [5, 5.41) is 0. The minimum atomic E-state index is -0.144. The molecule has 4 nitrogen and oxygen atoms in total. The lowest BCUT2D eigenvalue weighted by Gasteiger charge is -2.27. The van der Waals surface area contributed by atoms with Gasteiger partial charge in [0.1, 0.15) is 5.76 Å². The number of rotatable bonds is 1. The van der Waals surface area contributed by atoms with Gasteiger partial charge in [0.15, 0.2) is 11.5 Å². The molecule has 2 aliphatic rings. The predicted octanol–water partition coefficient (Wildman–Crippen LogP) is 4.33. The Hall–Kier alpha value is -2.36. The fourth-order valence-corrected chi connectivity index (χ4v) is 4.27. The van der Waals surface area contributed by atoms with Gasteiger partial charge in [0.2, 0.25) is 0 Å². The first-order valence-electron chi connectivity index (χ1n) is 8.85. The Bertz CT molecular complexity index is 891. The van der Waals surface area contributed by atoms with Crippen molar-refractivity contribution >= 4 is 17.4 Å². The summed E-state index contributed by atoms with van der Waals surface area (Å²) in [6.45, 7) is 8.00. The molecule has 130 valence electrons. The van der Waals surface area contributed by atoms with Crippen LogP contribution < -0.4 is 4.90 Å². The van der Waals surface area contributed by atoms with Crippen molar-refractivity contribution in [2.45, 2.75) is 53.0 Å². The Morgan fingerprint density at radius 3 is 2.72 bits per heavy atom. The van der Waals surface area contributed by atoms with Crippen LogP contribution in [0.15, 0.2) is 28.7 Å². The van der Waals surface area contributed by atoms with Crippen molar-refractivity contribution in [2.24, 2.45) is 5.41 Å². The van der Waals surface area contributed by atoms with Crippen molar-refractivity contribution in [3.8, 4) is 0 Å². The molecule has 0 bridgehead atoms. The van der Waals surface area contributed by atoms with Gasteiger partial charge in [0, 0.05) is 30.1 Å². The number of amides is 1. The quantitative estimate of drug-likeness (QED) is 0.778. The molecule has 0 unspecified atom stereocenters. The first-order chi connectivity index (χ1) is 11.8. The lowest BCUT2D eigenvalue weighted by Crippen LogP contribution is -2.35. The van der Waals surface area contributed by atoms with Crippen LogP contribution in [-0.4, -0.2) is 17.7 Å². The minimum absolute atomic E-state index is 0.0820. The Balaban J connectivity index is 1.77. The van der Waals surface area contributed by atoms with Crippen molar-refractivity contribution in [3.63, 3.8) is 0 Å². The Labute approximate surface area is 147 Å². The number of hydrogen-bond donors (Lipinski definition) is 0. The zero-order valence-electron chi connectivity index (χ0n) is 15.2. The fraction of sp³-hybridized carbons (Fsp3) is 0.429. The van der Waals surface area contributed by atoms with E-state index in [9.17, 15) is 9.59 Å². The summed E-state index contributed by atoms with van der Waals surface area (Å²) in [6.07, 6.45) is 2.03. The number of carbonyl (C=O) groups is 2. The third kappa shape index (κ3) is 2.43. The molecule has 0 spiro atoms. The van der Waals surface area contributed by atoms with E-state index < -0.39 is 0 Å². The van der Waals surface area contributed by atoms with Crippen LogP contribution in [0, 0.1) is 12.3 Å². The van der Waals surface area contributed by atoms with Crippen molar-refractivity contribution in [2.75, 3.05) is 4.90 Å². The van der Waals surface area contributed by atoms with Crippen molar-refractivity contribution in [1.29, 1.82) is 0 Å². The van der Waals surface area contributed by atoms with Crippen LogP contribution in [0.5, 0.6) is 0 Å². The van der Waals surface area contributed by atoms with Crippen LogP contribution in [0.4, 0.5) is 5.69 Å². The van der Waals surface area contributed by atoms with Gasteiger partial charge in [-0.1, -0.05) is 32.0 Å². The number of carbonyl (C=O) groups excluding carboxylic acids is 2. The lowest BCUT2D eigenvalue weighted by atomic mass is 9.76. The SMILES string of the molecule is Cc1c(C(=O)N2c3ccccc3C[C@@H]2C)oc2c1C(=O)CC(C)(C)C2. The van der Waals surface area contributed by atoms with E-state index in [4.69, 9.17) is 4.42 Å². The molecule has 0 radical (unpaired) electrons. The highest BCUT2D eigenvalue weighted by Crippen LogP contribution is 2.40. The summed E-state index contributed by atoms with van der Waals surface area (Å²) in [4.78, 5) is 27.6. The van der Waals surface area contributed by atoms with Crippen LogP contribution in [-0.2, 0) is 12.8 Å². The van der Waals surface area contributed by atoms with Crippen LogP contribution >= 0.6 is 0 Å². The first kappa shape index (κ1) is 16.1. The highest BCUT2D eigenvalue weighted by atomic mass is 16.4. The number of ketones is 1.